The highest BCUT2D eigenvalue weighted by molar-refractivity contribution is 5.97. The minimum atomic E-state index is 0.185. The second-order valence-corrected chi connectivity index (χ2v) is 11.8. The summed E-state index contributed by atoms with van der Waals surface area (Å²) >= 11 is 0. The number of hydrogen-bond acceptors (Lipinski definition) is 4. The first-order valence-corrected chi connectivity index (χ1v) is 14.2. The molecule has 36 heavy (non-hydrogen) atoms. The average Bonchev–Trinajstić information content (AvgIpc) is 3.58. The highest BCUT2D eigenvalue weighted by Gasteiger charge is 2.35. The third kappa shape index (κ3) is 4.35. The third-order valence-corrected chi connectivity index (χ3v) is 9.48. The maximum atomic E-state index is 13.5. The molecule has 4 heterocycles. The Bertz CT molecular complexity index is 1130. The Kier molecular flexibility index (Phi) is 6.01. The zero-order chi connectivity index (χ0) is 24.1. The van der Waals surface area contributed by atoms with Crippen molar-refractivity contribution < 1.29 is 14.3 Å². The van der Waals surface area contributed by atoms with E-state index in [2.05, 4.69) is 34.1 Å². The predicted octanol–water partition coefficient (Wildman–Crippen LogP) is 4.78. The Morgan fingerprint density at radius 3 is 2.61 bits per heavy atom. The van der Waals surface area contributed by atoms with Gasteiger partial charge in [-0.3, -0.25) is 9.69 Å². The van der Waals surface area contributed by atoms with Gasteiger partial charge in [0.2, 0.25) is 0 Å². The second-order valence-electron chi connectivity index (χ2n) is 11.8. The van der Waals surface area contributed by atoms with Crippen LogP contribution in [0.2, 0.25) is 0 Å². The van der Waals surface area contributed by atoms with E-state index in [-0.39, 0.29) is 18.1 Å². The number of rotatable bonds is 6. The Labute approximate surface area is 214 Å². The van der Waals surface area contributed by atoms with Gasteiger partial charge in [-0.25, -0.2) is 0 Å². The molecule has 1 amide bonds. The fourth-order valence-electron chi connectivity index (χ4n) is 7.45. The van der Waals surface area contributed by atoms with Crippen LogP contribution in [0.5, 0.6) is 5.75 Å². The van der Waals surface area contributed by atoms with Crippen molar-refractivity contribution in [3.8, 4) is 5.75 Å². The van der Waals surface area contributed by atoms with Crippen LogP contribution in [0.3, 0.4) is 0 Å². The van der Waals surface area contributed by atoms with Gasteiger partial charge in [0.15, 0.2) is 0 Å². The molecule has 1 saturated carbocycles. The minimum absolute atomic E-state index is 0.185. The average molecular weight is 487 g/mol. The Hall–Kier alpha value is -2.37. The number of ether oxygens (including phenoxy) is 2. The zero-order valence-electron chi connectivity index (χ0n) is 21.3. The molecule has 0 N–H and O–H groups in total. The molecule has 5 nitrogen and oxygen atoms in total. The van der Waals surface area contributed by atoms with E-state index in [1.165, 1.54) is 48.9 Å². The molecule has 190 valence electrons. The highest BCUT2D eigenvalue weighted by Crippen LogP contribution is 2.36. The summed E-state index contributed by atoms with van der Waals surface area (Å²) in [5.41, 5.74) is 6.31. The number of carbonyl (C=O) groups excluding carboxylic acids is 1. The lowest BCUT2D eigenvalue weighted by Crippen LogP contribution is -2.47. The van der Waals surface area contributed by atoms with E-state index >= 15 is 0 Å². The minimum Gasteiger partial charge on any atom is -0.491 e. The van der Waals surface area contributed by atoms with Crippen LogP contribution in [0, 0.1) is 5.92 Å². The molecule has 0 aromatic heterocycles. The third-order valence-electron chi connectivity index (χ3n) is 9.48. The summed E-state index contributed by atoms with van der Waals surface area (Å²) in [7, 11) is 0. The smallest absolute Gasteiger partial charge is 0.254 e. The van der Waals surface area contributed by atoms with Crippen molar-refractivity contribution in [2.75, 3.05) is 26.3 Å². The van der Waals surface area contributed by atoms with Gasteiger partial charge in [0.05, 0.1) is 6.10 Å². The molecule has 5 heteroatoms. The molecular weight excluding hydrogens is 448 g/mol. The highest BCUT2D eigenvalue weighted by atomic mass is 16.5. The Morgan fingerprint density at radius 1 is 0.917 bits per heavy atom. The van der Waals surface area contributed by atoms with E-state index in [1.807, 2.05) is 12.1 Å². The molecule has 0 spiro atoms. The molecule has 2 aliphatic carbocycles. The van der Waals surface area contributed by atoms with Gasteiger partial charge in [-0.15, -0.1) is 0 Å². The van der Waals surface area contributed by atoms with Crippen LogP contribution >= 0.6 is 0 Å². The van der Waals surface area contributed by atoms with Gasteiger partial charge >= 0.3 is 0 Å². The molecule has 4 aliphatic heterocycles. The molecule has 0 radical (unpaired) electrons. The standard InChI is InChI=1S/C31H38N2O3/c34-31-30-10-9-28(36-20-29-2-1-13-35-29)17-24(30)11-12-33(31)27-15-23-6-3-22(14-25(23)16-27)19-32-18-21-4-7-26(32)8-5-21/h3,6,9-10,14,17,21,26-27,29H,1-2,4-5,7-8,11-13,15-16,18-20H2. The number of piperidine rings is 2. The van der Waals surface area contributed by atoms with Crippen molar-refractivity contribution >= 4 is 5.91 Å². The summed E-state index contributed by atoms with van der Waals surface area (Å²) in [5.74, 6) is 1.96. The maximum Gasteiger partial charge on any atom is 0.254 e. The molecule has 8 rings (SSSR count). The van der Waals surface area contributed by atoms with Crippen LogP contribution in [0.1, 0.15) is 71.1 Å². The van der Waals surface area contributed by atoms with Gasteiger partial charge in [0.25, 0.3) is 5.91 Å². The molecule has 3 saturated heterocycles. The summed E-state index contributed by atoms with van der Waals surface area (Å²) in [6, 6.07) is 14.2. The van der Waals surface area contributed by atoms with Gasteiger partial charge in [-0.05, 0) is 104 Å². The lowest BCUT2D eigenvalue weighted by atomic mass is 9.80. The fraction of sp³-hybridized carbons (Fsp3) is 0.581. The van der Waals surface area contributed by atoms with Crippen molar-refractivity contribution in [2.45, 2.75) is 82.5 Å². The van der Waals surface area contributed by atoms with E-state index in [1.54, 1.807) is 0 Å². The van der Waals surface area contributed by atoms with Crippen LogP contribution in [0.25, 0.3) is 0 Å². The second kappa shape index (κ2) is 9.50. The molecular formula is C31H38N2O3. The maximum absolute atomic E-state index is 13.5. The molecule has 2 aromatic rings. The molecule has 2 unspecified atom stereocenters. The van der Waals surface area contributed by atoms with Gasteiger partial charge in [-0.1, -0.05) is 18.2 Å². The molecule has 2 bridgehead atoms. The summed E-state index contributed by atoms with van der Waals surface area (Å²) < 4.78 is 11.7. The van der Waals surface area contributed by atoms with Crippen molar-refractivity contribution in [3.05, 3.63) is 64.2 Å². The van der Waals surface area contributed by atoms with Gasteiger partial charge in [0.1, 0.15) is 12.4 Å². The number of benzene rings is 2. The van der Waals surface area contributed by atoms with Crippen molar-refractivity contribution in [1.82, 2.24) is 9.80 Å². The number of fused-ring (bicyclic) bond motifs is 5. The summed E-state index contributed by atoms with van der Waals surface area (Å²) in [5, 5.41) is 0. The number of amides is 1. The number of carbonyl (C=O) groups is 1. The van der Waals surface area contributed by atoms with Crippen molar-refractivity contribution in [2.24, 2.45) is 5.92 Å². The molecule has 4 fully saturated rings. The number of hydrogen-bond donors (Lipinski definition) is 0. The Balaban J connectivity index is 0.998. The van der Waals surface area contributed by atoms with Crippen LogP contribution < -0.4 is 4.74 Å². The quantitative estimate of drug-likeness (QED) is 0.589. The summed E-state index contributed by atoms with van der Waals surface area (Å²) in [4.78, 5) is 18.4. The normalized spacial score (nSPS) is 29.4. The molecule has 2 atom stereocenters. The SMILES string of the molecule is O=C1c2ccc(OCC3CCCO3)cc2CCN1C1Cc2ccc(CN3CC4CCC3CC4)cc2C1. The number of nitrogens with zero attached hydrogens (tertiary/aromatic N) is 2. The fourth-order valence-corrected chi connectivity index (χ4v) is 7.45. The summed E-state index contributed by atoms with van der Waals surface area (Å²) in [6.07, 6.45) is 10.9. The molecule has 6 aliphatic rings. The van der Waals surface area contributed by atoms with E-state index in [0.29, 0.717) is 6.61 Å². The largest absolute Gasteiger partial charge is 0.491 e. The predicted molar refractivity (Wildman–Crippen MR) is 139 cm³/mol. The van der Waals surface area contributed by atoms with E-state index in [9.17, 15) is 4.79 Å². The van der Waals surface area contributed by atoms with Gasteiger partial charge in [0, 0.05) is 43.9 Å². The first-order valence-electron chi connectivity index (χ1n) is 14.2. The van der Waals surface area contributed by atoms with Gasteiger partial charge < -0.3 is 14.4 Å². The lowest BCUT2D eigenvalue weighted by molar-refractivity contribution is 0.0426. The zero-order valence-corrected chi connectivity index (χ0v) is 21.3. The van der Waals surface area contributed by atoms with Gasteiger partial charge in [-0.2, -0.15) is 0 Å². The van der Waals surface area contributed by atoms with Crippen LogP contribution in [-0.4, -0.2) is 60.2 Å². The Morgan fingerprint density at radius 2 is 1.81 bits per heavy atom. The first kappa shape index (κ1) is 22.8. The molecule has 2 aromatic carbocycles. The lowest BCUT2D eigenvalue weighted by Gasteiger charge is -2.45. The van der Waals surface area contributed by atoms with Crippen LogP contribution in [-0.2, 0) is 30.5 Å². The van der Waals surface area contributed by atoms with Crippen LogP contribution in [0.15, 0.2) is 36.4 Å². The van der Waals surface area contributed by atoms with E-state index < -0.39 is 0 Å². The van der Waals surface area contributed by atoms with Crippen molar-refractivity contribution in [3.63, 3.8) is 0 Å². The van der Waals surface area contributed by atoms with E-state index in [0.717, 1.165) is 80.6 Å². The monoisotopic (exact) mass is 486 g/mol. The van der Waals surface area contributed by atoms with Crippen molar-refractivity contribution in [1.29, 1.82) is 0 Å². The summed E-state index contributed by atoms with van der Waals surface area (Å²) in [6.45, 7) is 4.61. The first-order chi connectivity index (χ1) is 17.7. The topological polar surface area (TPSA) is 42.0 Å². The van der Waals surface area contributed by atoms with E-state index in [4.69, 9.17) is 9.47 Å². The van der Waals surface area contributed by atoms with Crippen LogP contribution in [0.4, 0.5) is 0 Å².